The Morgan fingerprint density at radius 2 is 2.21 bits per heavy atom. The fourth-order valence-electron chi connectivity index (χ4n) is 1.53. The van der Waals surface area contributed by atoms with Crippen molar-refractivity contribution in [3.63, 3.8) is 0 Å². The van der Waals surface area contributed by atoms with Crippen LogP contribution in [-0.4, -0.2) is 22.3 Å². The molecular formula is C13H12BrNO4. The van der Waals surface area contributed by atoms with Crippen molar-refractivity contribution in [3.8, 4) is 17.1 Å². The molecule has 1 unspecified atom stereocenters. The first-order chi connectivity index (χ1) is 8.97. The fourth-order valence-corrected chi connectivity index (χ4v) is 1.89. The summed E-state index contributed by atoms with van der Waals surface area (Å²) in [5.74, 6) is -0.0525. The predicted octanol–water partition coefficient (Wildman–Crippen LogP) is 3.26. The average Bonchev–Trinajstić information content (AvgIpc) is 2.77. The number of ether oxygens (including phenoxy) is 1. The maximum Gasteiger partial charge on any atom is 0.344 e. The zero-order valence-corrected chi connectivity index (χ0v) is 12.0. The molecule has 19 heavy (non-hydrogen) atoms. The van der Waals surface area contributed by atoms with Crippen molar-refractivity contribution in [3.05, 3.63) is 34.4 Å². The van der Waals surface area contributed by atoms with Crippen LogP contribution in [0.25, 0.3) is 11.3 Å². The van der Waals surface area contributed by atoms with Crippen LogP contribution < -0.4 is 4.74 Å². The van der Waals surface area contributed by atoms with Gasteiger partial charge < -0.3 is 14.4 Å². The second kappa shape index (κ2) is 5.44. The molecule has 0 aliphatic carbocycles. The summed E-state index contributed by atoms with van der Waals surface area (Å²) in [4.78, 5) is 10.9. The van der Waals surface area contributed by atoms with Gasteiger partial charge >= 0.3 is 5.97 Å². The molecular weight excluding hydrogens is 314 g/mol. The smallest absolute Gasteiger partial charge is 0.344 e. The molecule has 100 valence electrons. The molecule has 1 atom stereocenters. The van der Waals surface area contributed by atoms with E-state index in [1.165, 1.54) is 6.92 Å². The van der Waals surface area contributed by atoms with E-state index in [0.717, 1.165) is 10.2 Å². The molecule has 1 aromatic carbocycles. The molecule has 0 saturated heterocycles. The van der Waals surface area contributed by atoms with Gasteiger partial charge in [0.25, 0.3) is 0 Å². The highest BCUT2D eigenvalue weighted by atomic mass is 79.9. The van der Waals surface area contributed by atoms with Crippen molar-refractivity contribution in [1.82, 2.24) is 5.16 Å². The van der Waals surface area contributed by atoms with Gasteiger partial charge in [-0.05, 0) is 32.0 Å². The van der Waals surface area contributed by atoms with Crippen LogP contribution in [0.1, 0.15) is 12.6 Å². The highest BCUT2D eigenvalue weighted by Crippen LogP contribution is 2.33. The highest BCUT2D eigenvalue weighted by Gasteiger charge is 2.17. The van der Waals surface area contributed by atoms with E-state index >= 15 is 0 Å². The number of hydrogen-bond donors (Lipinski definition) is 1. The Morgan fingerprint density at radius 3 is 2.79 bits per heavy atom. The molecule has 0 bridgehead atoms. The molecule has 1 N–H and O–H groups in total. The minimum atomic E-state index is -1.03. The number of carboxylic acid groups (broad SMARTS) is 1. The Morgan fingerprint density at radius 1 is 1.47 bits per heavy atom. The van der Waals surface area contributed by atoms with E-state index < -0.39 is 12.1 Å². The van der Waals surface area contributed by atoms with E-state index in [1.807, 2.05) is 6.92 Å². The van der Waals surface area contributed by atoms with Crippen LogP contribution in [-0.2, 0) is 4.79 Å². The number of halogens is 1. The van der Waals surface area contributed by atoms with Gasteiger partial charge in [0.15, 0.2) is 11.9 Å². The topological polar surface area (TPSA) is 72.6 Å². The third kappa shape index (κ3) is 3.14. The maximum absolute atomic E-state index is 10.9. The lowest BCUT2D eigenvalue weighted by Gasteiger charge is -2.13. The van der Waals surface area contributed by atoms with Gasteiger partial charge in [-0.1, -0.05) is 21.1 Å². The summed E-state index contributed by atoms with van der Waals surface area (Å²) in [7, 11) is 0. The van der Waals surface area contributed by atoms with Crippen LogP contribution >= 0.6 is 15.9 Å². The molecule has 1 heterocycles. The number of nitrogens with zero attached hydrogens (tertiary/aromatic N) is 1. The summed E-state index contributed by atoms with van der Waals surface area (Å²) < 4.78 is 11.4. The van der Waals surface area contributed by atoms with E-state index in [4.69, 9.17) is 14.4 Å². The number of aliphatic carboxylic acids is 1. The number of aryl methyl sites for hydroxylation is 1. The molecule has 1 aromatic heterocycles. The molecule has 6 heteroatoms. The average molecular weight is 326 g/mol. The summed E-state index contributed by atoms with van der Waals surface area (Å²) in [5.41, 5.74) is 1.40. The van der Waals surface area contributed by atoms with Crippen molar-refractivity contribution in [2.75, 3.05) is 0 Å². The third-order valence-corrected chi connectivity index (χ3v) is 2.98. The molecule has 5 nitrogen and oxygen atoms in total. The van der Waals surface area contributed by atoms with Gasteiger partial charge in [0.1, 0.15) is 5.75 Å². The summed E-state index contributed by atoms with van der Waals surface area (Å²) in [6.45, 7) is 3.28. The summed E-state index contributed by atoms with van der Waals surface area (Å²) in [5, 5.41) is 12.7. The van der Waals surface area contributed by atoms with Crippen molar-refractivity contribution in [2.45, 2.75) is 20.0 Å². The number of carboxylic acids is 1. The molecule has 0 fully saturated rings. The summed E-state index contributed by atoms with van der Waals surface area (Å²) >= 11 is 3.36. The minimum absolute atomic E-state index is 0.439. The third-order valence-electron chi connectivity index (χ3n) is 2.49. The highest BCUT2D eigenvalue weighted by molar-refractivity contribution is 9.10. The lowest BCUT2D eigenvalue weighted by atomic mass is 10.1. The first-order valence-electron chi connectivity index (χ1n) is 5.60. The second-order valence-corrected chi connectivity index (χ2v) is 4.99. The molecule has 2 rings (SSSR count). The normalized spacial score (nSPS) is 12.2. The Kier molecular flexibility index (Phi) is 3.90. The SMILES string of the molecule is Cc1cc(-c2cc(Br)ccc2OC(C)C(=O)O)on1. The zero-order valence-electron chi connectivity index (χ0n) is 10.4. The summed E-state index contributed by atoms with van der Waals surface area (Å²) in [6.07, 6.45) is -0.941. The number of carbonyl (C=O) groups is 1. The monoisotopic (exact) mass is 325 g/mol. The number of rotatable bonds is 4. The van der Waals surface area contributed by atoms with Gasteiger partial charge in [-0.15, -0.1) is 0 Å². The van der Waals surface area contributed by atoms with E-state index in [1.54, 1.807) is 24.3 Å². The molecule has 0 radical (unpaired) electrons. The van der Waals surface area contributed by atoms with Gasteiger partial charge in [-0.25, -0.2) is 4.79 Å². The number of aromatic nitrogens is 1. The van der Waals surface area contributed by atoms with Gasteiger partial charge in [0.2, 0.25) is 0 Å². The summed E-state index contributed by atoms with van der Waals surface area (Å²) in [6, 6.07) is 7.03. The first kappa shape index (κ1) is 13.6. The van der Waals surface area contributed by atoms with Crippen LogP contribution in [0.3, 0.4) is 0 Å². The van der Waals surface area contributed by atoms with Crippen LogP contribution in [0.5, 0.6) is 5.75 Å². The van der Waals surface area contributed by atoms with Gasteiger partial charge in [-0.3, -0.25) is 0 Å². The number of benzene rings is 1. The minimum Gasteiger partial charge on any atom is -0.479 e. The molecule has 0 aliphatic rings. The van der Waals surface area contributed by atoms with Gasteiger partial charge in [0, 0.05) is 10.5 Å². The largest absolute Gasteiger partial charge is 0.479 e. The van der Waals surface area contributed by atoms with E-state index in [9.17, 15) is 4.79 Å². The Labute approximate surface area is 118 Å². The number of hydrogen-bond acceptors (Lipinski definition) is 4. The Bertz CT molecular complexity index is 608. The van der Waals surface area contributed by atoms with Crippen LogP contribution in [0.15, 0.2) is 33.3 Å². The second-order valence-electron chi connectivity index (χ2n) is 4.07. The van der Waals surface area contributed by atoms with Crippen LogP contribution in [0, 0.1) is 6.92 Å². The van der Waals surface area contributed by atoms with Crippen LogP contribution in [0.4, 0.5) is 0 Å². The molecule has 2 aromatic rings. The quantitative estimate of drug-likeness (QED) is 0.933. The van der Waals surface area contributed by atoms with Crippen molar-refractivity contribution in [2.24, 2.45) is 0 Å². The van der Waals surface area contributed by atoms with Crippen LogP contribution in [0.2, 0.25) is 0 Å². The van der Waals surface area contributed by atoms with E-state index in [2.05, 4.69) is 21.1 Å². The van der Waals surface area contributed by atoms with Gasteiger partial charge in [0.05, 0.1) is 11.3 Å². The Hall–Kier alpha value is -1.82. The standard InChI is InChI=1S/C13H12BrNO4/c1-7-5-12(19-15-7)10-6-9(14)3-4-11(10)18-8(2)13(16)17/h3-6,8H,1-2H3,(H,16,17). The van der Waals surface area contributed by atoms with Crippen molar-refractivity contribution < 1.29 is 19.2 Å². The molecule has 0 amide bonds. The Balaban J connectivity index is 2.41. The lowest BCUT2D eigenvalue weighted by molar-refractivity contribution is -0.144. The zero-order chi connectivity index (χ0) is 14.0. The van der Waals surface area contributed by atoms with Gasteiger partial charge in [-0.2, -0.15) is 0 Å². The lowest BCUT2D eigenvalue weighted by Crippen LogP contribution is -2.23. The van der Waals surface area contributed by atoms with Crippen molar-refractivity contribution >= 4 is 21.9 Å². The van der Waals surface area contributed by atoms with Crippen molar-refractivity contribution in [1.29, 1.82) is 0 Å². The predicted molar refractivity (Wildman–Crippen MR) is 72.1 cm³/mol. The maximum atomic E-state index is 10.9. The first-order valence-corrected chi connectivity index (χ1v) is 6.39. The fraction of sp³-hybridized carbons (Fsp3) is 0.231. The molecule has 0 spiro atoms. The molecule has 0 saturated carbocycles. The van der Waals surface area contributed by atoms with E-state index in [0.29, 0.717) is 17.1 Å². The van der Waals surface area contributed by atoms with E-state index in [-0.39, 0.29) is 0 Å². The molecule has 0 aliphatic heterocycles.